The monoisotopic (exact) mass is 366 g/mol. The quantitative estimate of drug-likeness (QED) is 0.752. The van der Waals surface area contributed by atoms with E-state index in [0.717, 1.165) is 22.0 Å². The Hall–Kier alpha value is -3.28. The molecule has 1 aromatic heterocycles. The molecule has 0 aliphatic carbocycles. The van der Waals surface area contributed by atoms with Gasteiger partial charge in [0.25, 0.3) is 5.56 Å². The van der Waals surface area contributed by atoms with Gasteiger partial charge in [-0.25, -0.2) is 0 Å². The van der Waals surface area contributed by atoms with Crippen molar-refractivity contribution in [2.24, 2.45) is 0 Å². The first-order valence-electron chi connectivity index (χ1n) is 8.56. The van der Waals surface area contributed by atoms with Crippen LogP contribution in [0.1, 0.15) is 11.1 Å². The van der Waals surface area contributed by atoms with Crippen LogP contribution in [0.15, 0.2) is 47.3 Å². The van der Waals surface area contributed by atoms with Crippen LogP contribution < -0.4 is 20.3 Å². The van der Waals surface area contributed by atoms with E-state index in [1.165, 1.54) is 11.7 Å². The Morgan fingerprint density at radius 3 is 2.52 bits per heavy atom. The van der Waals surface area contributed by atoms with Crippen molar-refractivity contribution in [3.05, 3.63) is 63.9 Å². The number of aryl methyl sites for hydroxylation is 2. The molecule has 140 valence electrons. The second-order valence-electron chi connectivity index (χ2n) is 6.34. The lowest BCUT2D eigenvalue weighted by atomic mass is 10.1. The van der Waals surface area contributed by atoms with Crippen molar-refractivity contribution in [1.82, 2.24) is 4.57 Å². The van der Waals surface area contributed by atoms with Crippen molar-refractivity contribution in [3.8, 4) is 11.5 Å². The number of carbonyl (C=O) groups excluding carboxylic acids is 1. The zero-order chi connectivity index (χ0) is 19.6. The number of carbonyl (C=O) groups is 1. The van der Waals surface area contributed by atoms with Gasteiger partial charge in [0.15, 0.2) is 0 Å². The van der Waals surface area contributed by atoms with Gasteiger partial charge in [-0.2, -0.15) is 0 Å². The third-order valence-electron chi connectivity index (χ3n) is 4.52. The molecule has 0 radical (unpaired) electrons. The highest BCUT2D eigenvalue weighted by atomic mass is 16.5. The number of aromatic nitrogens is 1. The first kappa shape index (κ1) is 18.5. The predicted molar refractivity (Wildman–Crippen MR) is 106 cm³/mol. The number of hydrogen-bond donors (Lipinski definition) is 1. The Labute approximate surface area is 157 Å². The fourth-order valence-electron chi connectivity index (χ4n) is 3.19. The largest absolute Gasteiger partial charge is 0.497 e. The summed E-state index contributed by atoms with van der Waals surface area (Å²) in [6.07, 6.45) is 0. The maximum Gasteiger partial charge on any atom is 0.251 e. The number of nitrogens with one attached hydrogen (secondary N) is 1. The molecule has 0 aliphatic rings. The minimum Gasteiger partial charge on any atom is -0.497 e. The first-order valence-corrected chi connectivity index (χ1v) is 8.56. The number of rotatable bonds is 5. The summed E-state index contributed by atoms with van der Waals surface area (Å²) in [6, 6.07) is 12.5. The zero-order valence-corrected chi connectivity index (χ0v) is 15.8. The van der Waals surface area contributed by atoms with E-state index in [9.17, 15) is 9.59 Å². The maximum atomic E-state index is 12.7. The molecule has 0 bridgehead atoms. The number of methoxy groups -OCH3 is 2. The van der Waals surface area contributed by atoms with Crippen molar-refractivity contribution >= 4 is 22.5 Å². The number of pyridine rings is 1. The van der Waals surface area contributed by atoms with E-state index in [1.54, 1.807) is 31.4 Å². The molecule has 1 N–H and O–H groups in total. The molecule has 3 aromatic rings. The van der Waals surface area contributed by atoms with Crippen LogP contribution in [-0.4, -0.2) is 24.7 Å². The fourth-order valence-corrected chi connectivity index (χ4v) is 3.19. The molecular weight excluding hydrogens is 344 g/mol. The van der Waals surface area contributed by atoms with Crippen molar-refractivity contribution in [1.29, 1.82) is 0 Å². The molecule has 1 heterocycles. The minimum atomic E-state index is -0.322. The summed E-state index contributed by atoms with van der Waals surface area (Å²) in [5.41, 5.74) is 2.89. The van der Waals surface area contributed by atoms with Gasteiger partial charge in [-0.05, 0) is 37.1 Å². The number of anilines is 1. The molecule has 3 rings (SSSR count). The van der Waals surface area contributed by atoms with E-state index in [2.05, 4.69) is 5.32 Å². The number of benzene rings is 2. The number of nitrogens with zero attached hydrogens (tertiary/aromatic N) is 1. The van der Waals surface area contributed by atoms with E-state index in [1.807, 2.05) is 32.0 Å². The van der Waals surface area contributed by atoms with Crippen molar-refractivity contribution < 1.29 is 14.3 Å². The predicted octanol–water partition coefficient (Wildman–Crippen LogP) is 3.27. The molecule has 0 atom stereocenters. The molecule has 0 spiro atoms. The van der Waals surface area contributed by atoms with Gasteiger partial charge in [0.2, 0.25) is 5.91 Å². The van der Waals surface area contributed by atoms with Gasteiger partial charge >= 0.3 is 0 Å². The molecule has 0 saturated heterocycles. The van der Waals surface area contributed by atoms with Crippen molar-refractivity contribution in [2.45, 2.75) is 20.4 Å². The highest BCUT2D eigenvalue weighted by Gasteiger charge is 2.14. The maximum absolute atomic E-state index is 12.7. The van der Waals surface area contributed by atoms with Crippen molar-refractivity contribution in [2.75, 3.05) is 19.5 Å². The number of ether oxygens (including phenoxy) is 2. The number of amides is 1. The summed E-state index contributed by atoms with van der Waals surface area (Å²) in [7, 11) is 3.08. The summed E-state index contributed by atoms with van der Waals surface area (Å²) < 4.78 is 12.0. The van der Waals surface area contributed by atoms with Crippen LogP contribution >= 0.6 is 0 Å². The minimum absolute atomic E-state index is 0.0964. The summed E-state index contributed by atoms with van der Waals surface area (Å²) >= 11 is 0. The second kappa shape index (κ2) is 7.53. The lowest BCUT2D eigenvalue weighted by Crippen LogP contribution is -2.28. The van der Waals surface area contributed by atoms with Crippen LogP contribution in [0.5, 0.6) is 11.5 Å². The lowest BCUT2D eigenvalue weighted by Gasteiger charge is -2.15. The third-order valence-corrected chi connectivity index (χ3v) is 4.52. The highest BCUT2D eigenvalue weighted by Crippen LogP contribution is 2.29. The van der Waals surface area contributed by atoms with E-state index in [-0.39, 0.29) is 18.0 Å². The molecule has 2 aromatic carbocycles. The molecule has 1 amide bonds. The smallest absolute Gasteiger partial charge is 0.251 e. The Morgan fingerprint density at radius 1 is 1.04 bits per heavy atom. The van der Waals surface area contributed by atoms with E-state index in [4.69, 9.17) is 9.47 Å². The topological polar surface area (TPSA) is 69.6 Å². The van der Waals surface area contributed by atoms with Crippen LogP contribution in [0, 0.1) is 13.8 Å². The first-order chi connectivity index (χ1) is 12.9. The summed E-state index contributed by atoms with van der Waals surface area (Å²) in [6.45, 7) is 3.73. The van der Waals surface area contributed by atoms with Gasteiger partial charge in [-0.15, -0.1) is 0 Å². The van der Waals surface area contributed by atoms with E-state index in [0.29, 0.717) is 17.2 Å². The van der Waals surface area contributed by atoms with Gasteiger partial charge in [0, 0.05) is 17.5 Å². The van der Waals surface area contributed by atoms with Crippen LogP contribution in [0.25, 0.3) is 10.9 Å². The molecule has 6 heteroatoms. The molecule has 0 aliphatic heterocycles. The zero-order valence-electron chi connectivity index (χ0n) is 15.8. The summed E-state index contributed by atoms with van der Waals surface area (Å²) in [5, 5.41) is 3.77. The van der Waals surface area contributed by atoms with Gasteiger partial charge in [-0.1, -0.05) is 18.2 Å². The highest BCUT2D eigenvalue weighted by molar-refractivity contribution is 5.94. The van der Waals surface area contributed by atoms with Crippen LogP contribution in [0.2, 0.25) is 0 Å². The molecule has 6 nitrogen and oxygen atoms in total. The average Bonchev–Trinajstić information content (AvgIpc) is 2.65. The van der Waals surface area contributed by atoms with Crippen molar-refractivity contribution in [3.63, 3.8) is 0 Å². The summed E-state index contributed by atoms with van der Waals surface area (Å²) in [5.74, 6) is 0.790. The third kappa shape index (κ3) is 3.65. The van der Waals surface area contributed by atoms with Crippen LogP contribution in [0.4, 0.5) is 5.69 Å². The Bertz CT molecular complexity index is 1070. The molecular formula is C21H22N2O4. The molecule has 27 heavy (non-hydrogen) atoms. The van der Waals surface area contributed by atoms with E-state index >= 15 is 0 Å². The van der Waals surface area contributed by atoms with Crippen LogP contribution in [-0.2, 0) is 11.3 Å². The van der Waals surface area contributed by atoms with Gasteiger partial charge in [0.05, 0.1) is 25.4 Å². The molecule has 0 fully saturated rings. The lowest BCUT2D eigenvalue weighted by molar-refractivity contribution is -0.116. The Balaban J connectivity index is 1.97. The number of para-hydroxylation sites is 1. The fraction of sp³-hybridized carbons (Fsp3) is 0.238. The second-order valence-corrected chi connectivity index (χ2v) is 6.34. The molecule has 0 saturated carbocycles. The van der Waals surface area contributed by atoms with Crippen LogP contribution in [0.3, 0.4) is 0 Å². The number of fused-ring (bicyclic) bond motifs is 1. The SMILES string of the molecule is COc1ccc(OC)c(NC(=O)Cn2c(=O)cc(C)c3cccc(C)c32)c1. The van der Waals surface area contributed by atoms with E-state index < -0.39 is 0 Å². The Kier molecular flexibility index (Phi) is 5.16. The van der Waals surface area contributed by atoms with Gasteiger partial charge in [0.1, 0.15) is 18.0 Å². The molecule has 0 unspecified atom stereocenters. The average molecular weight is 366 g/mol. The van der Waals surface area contributed by atoms with Gasteiger partial charge in [-0.3, -0.25) is 14.2 Å². The standard InChI is InChI=1S/C21H22N2O4/c1-13-6-5-7-16-14(2)10-20(25)23(21(13)16)12-19(24)22-17-11-15(26-3)8-9-18(17)27-4/h5-11H,12H2,1-4H3,(H,22,24). The van der Waals surface area contributed by atoms with Gasteiger partial charge < -0.3 is 14.8 Å². The number of hydrogen-bond acceptors (Lipinski definition) is 4. The summed E-state index contributed by atoms with van der Waals surface area (Å²) in [4.78, 5) is 25.2. The normalized spacial score (nSPS) is 10.7. The Morgan fingerprint density at radius 2 is 1.81 bits per heavy atom.